The van der Waals surface area contributed by atoms with Crippen LogP contribution in [-0.2, 0) is 72.0 Å². The number of aromatic hydroxyl groups is 3. The molecular weight excluding hydrogens is 910 g/mol. The Balaban J connectivity index is 0.000000938. The zero-order valence-corrected chi connectivity index (χ0v) is 47.5. The van der Waals surface area contributed by atoms with Gasteiger partial charge >= 0.3 is 37.7 Å². The molecular formula is C50H83CaO11P3. The van der Waals surface area contributed by atoms with Gasteiger partial charge in [-0.1, -0.05) is 95.2 Å². The first-order chi connectivity index (χ1) is 29.5. The molecule has 3 atom stereocenters. The first kappa shape index (κ1) is 63.8. The van der Waals surface area contributed by atoms with Gasteiger partial charge in [-0.25, -0.2) is 0 Å². The molecule has 366 valence electrons. The summed E-state index contributed by atoms with van der Waals surface area (Å²) in [6.07, 6.45) is 4.62. The van der Waals surface area contributed by atoms with Crippen LogP contribution in [0.25, 0.3) is 0 Å². The molecule has 0 saturated heterocycles. The molecule has 0 saturated carbocycles. The summed E-state index contributed by atoms with van der Waals surface area (Å²) < 4.78 is 51.9. The van der Waals surface area contributed by atoms with Gasteiger partial charge in [0.05, 0.1) is 19.8 Å². The first-order valence-corrected chi connectivity index (χ1v) is 28.5. The van der Waals surface area contributed by atoms with Crippen molar-refractivity contribution in [1.82, 2.24) is 0 Å². The molecule has 11 nitrogen and oxygen atoms in total. The summed E-state index contributed by atoms with van der Waals surface area (Å²) in [6, 6.07) is 10.2. The molecule has 0 heterocycles. The van der Waals surface area contributed by atoms with Crippen LogP contribution in [0.3, 0.4) is 0 Å². The topological polar surface area (TPSA) is 186 Å². The molecule has 0 bridgehead atoms. The zero-order valence-electron chi connectivity index (χ0n) is 42.7. The maximum absolute atomic E-state index is 12.5. The number of phenolic OH excluding ortho intramolecular Hbond substituents is 3. The van der Waals surface area contributed by atoms with E-state index in [1.807, 2.05) is 74.4 Å². The molecule has 15 heteroatoms. The number of rotatable bonds is 22. The minimum absolute atomic E-state index is 0. The second-order valence-corrected chi connectivity index (χ2v) is 25.6. The van der Waals surface area contributed by atoms with Gasteiger partial charge in [-0.3, -0.25) is 4.57 Å². The first-order valence-electron chi connectivity index (χ1n) is 23.1. The van der Waals surface area contributed by atoms with Crippen LogP contribution in [0.2, 0.25) is 0 Å². The van der Waals surface area contributed by atoms with E-state index in [9.17, 15) is 38.8 Å². The third-order valence-corrected chi connectivity index (χ3v) is 14.4. The van der Waals surface area contributed by atoms with Gasteiger partial charge in [-0.15, -0.1) is 0 Å². The molecule has 0 aromatic heterocycles. The van der Waals surface area contributed by atoms with Crippen molar-refractivity contribution >= 4 is 70.9 Å². The second-order valence-electron chi connectivity index (χ2n) is 19.5. The maximum atomic E-state index is 12.5. The number of benzene rings is 3. The van der Waals surface area contributed by atoms with Crippen molar-refractivity contribution in [3.05, 3.63) is 75.3 Å². The number of phenols is 3. The Morgan fingerprint density at radius 1 is 0.446 bits per heavy atom. The minimum Gasteiger partial charge on any atom is -0.775 e. The van der Waals surface area contributed by atoms with Gasteiger partial charge in [-0.05, 0) is 158 Å². The van der Waals surface area contributed by atoms with Gasteiger partial charge in [0.1, 0.15) is 17.2 Å². The standard InChI is InChI=1S/C18H31O3P.2C16H27O4P.Ca/c1-7-21-22(6,20)12-15-10-16(8-13(2)3)18(19)17(11-15)9-14(4)5;2*1-6-20-21(18,19)15-9-13(7-11(2)3)16(17)14(10-15)8-12(4)5;/h10-11,13-14,19H,7-9,12H2,1-6H3;2*9-12,17H,6-8H2,1-5H3,(H,18,19);/q;;;+2/p-2. The van der Waals surface area contributed by atoms with Gasteiger partial charge in [0.15, 0.2) is 15.2 Å². The molecule has 0 fully saturated rings. The summed E-state index contributed by atoms with van der Waals surface area (Å²) in [5.41, 5.74) is 5.62. The van der Waals surface area contributed by atoms with Crippen LogP contribution in [0.1, 0.15) is 143 Å². The largest absolute Gasteiger partial charge is 2.00 e. The molecule has 0 spiro atoms. The Labute approximate surface area is 423 Å². The Kier molecular flexibility index (Phi) is 29.2. The van der Waals surface area contributed by atoms with E-state index in [4.69, 9.17) is 13.6 Å². The number of hydrogen-bond donors (Lipinski definition) is 3. The van der Waals surface area contributed by atoms with Gasteiger partial charge in [-0.2, -0.15) is 0 Å². The van der Waals surface area contributed by atoms with E-state index in [0.29, 0.717) is 102 Å². The smallest absolute Gasteiger partial charge is 0.775 e. The Bertz CT molecular complexity index is 1860. The molecule has 0 aliphatic carbocycles. The summed E-state index contributed by atoms with van der Waals surface area (Å²) in [4.78, 5) is 24.3. The normalized spacial score (nSPS) is 14.4. The summed E-state index contributed by atoms with van der Waals surface area (Å²) in [5, 5.41) is 31.6. The third-order valence-electron chi connectivity index (χ3n) is 9.70. The minimum atomic E-state index is -4.07. The Morgan fingerprint density at radius 3 is 0.862 bits per heavy atom. The molecule has 0 amide bonds. The van der Waals surface area contributed by atoms with E-state index >= 15 is 0 Å². The molecule has 3 aromatic carbocycles. The van der Waals surface area contributed by atoms with Crippen LogP contribution < -0.4 is 20.4 Å². The van der Waals surface area contributed by atoms with Crippen LogP contribution in [0, 0.1) is 35.5 Å². The van der Waals surface area contributed by atoms with E-state index in [0.717, 1.165) is 29.5 Å². The maximum Gasteiger partial charge on any atom is 2.00 e. The summed E-state index contributed by atoms with van der Waals surface area (Å²) >= 11 is 0. The molecule has 3 rings (SSSR count). The van der Waals surface area contributed by atoms with Crippen molar-refractivity contribution in [2.24, 2.45) is 35.5 Å². The Morgan fingerprint density at radius 2 is 0.662 bits per heavy atom. The average Bonchev–Trinajstić information content (AvgIpc) is 3.12. The summed E-state index contributed by atoms with van der Waals surface area (Å²) in [5.74, 6) is 3.10. The molecule has 0 aliphatic heterocycles. The van der Waals surface area contributed by atoms with E-state index < -0.39 is 22.6 Å². The Hall–Kier alpha value is -1.19. The molecule has 3 aromatic rings. The summed E-state index contributed by atoms with van der Waals surface area (Å²) in [6.45, 7) is 32.4. The van der Waals surface area contributed by atoms with Gasteiger partial charge < -0.3 is 47.8 Å². The van der Waals surface area contributed by atoms with Crippen LogP contribution in [0.15, 0.2) is 36.4 Å². The van der Waals surface area contributed by atoms with E-state index in [2.05, 4.69) is 27.7 Å². The molecule has 0 aliphatic rings. The van der Waals surface area contributed by atoms with Crippen molar-refractivity contribution < 1.29 is 52.4 Å². The van der Waals surface area contributed by atoms with Crippen LogP contribution in [0.5, 0.6) is 17.2 Å². The SMILES string of the molecule is CCOP(=O)([O-])c1cc(CC(C)C)c(O)c(CC(C)C)c1.CCOP(=O)([O-])c1cc(CC(C)C)c(O)c(CC(C)C)c1.CCOP(C)(=O)Cc1cc(CC(C)C)c(O)c(CC(C)C)c1.[Ca+2]. The van der Waals surface area contributed by atoms with Crippen molar-refractivity contribution in [1.29, 1.82) is 0 Å². The van der Waals surface area contributed by atoms with E-state index in [1.165, 1.54) is 0 Å². The van der Waals surface area contributed by atoms with Gasteiger partial charge in [0.25, 0.3) is 0 Å². The van der Waals surface area contributed by atoms with Gasteiger partial charge in [0.2, 0.25) is 7.37 Å². The van der Waals surface area contributed by atoms with E-state index in [-0.39, 0.29) is 73.1 Å². The van der Waals surface area contributed by atoms with Gasteiger partial charge in [0, 0.05) is 23.4 Å². The van der Waals surface area contributed by atoms with Crippen LogP contribution in [-0.4, -0.2) is 79.5 Å². The fourth-order valence-electron chi connectivity index (χ4n) is 7.43. The monoisotopic (exact) mass is 992 g/mol. The van der Waals surface area contributed by atoms with Crippen LogP contribution >= 0.6 is 22.6 Å². The average molecular weight is 993 g/mol. The second kappa shape index (κ2) is 29.8. The predicted molar refractivity (Wildman–Crippen MR) is 268 cm³/mol. The van der Waals surface area contributed by atoms with Crippen LogP contribution in [0.4, 0.5) is 0 Å². The fourth-order valence-corrected chi connectivity index (χ4v) is 11.2. The number of hydrogen-bond acceptors (Lipinski definition) is 11. The summed E-state index contributed by atoms with van der Waals surface area (Å²) in [7, 11) is -10.8. The fraction of sp³-hybridized carbons (Fsp3) is 0.640. The molecule has 0 radical (unpaired) electrons. The molecule has 3 N–H and O–H groups in total. The molecule has 3 unspecified atom stereocenters. The predicted octanol–water partition coefficient (Wildman–Crippen LogP) is 10.9. The van der Waals surface area contributed by atoms with E-state index in [1.54, 1.807) is 44.8 Å². The third kappa shape index (κ3) is 23.3. The van der Waals surface area contributed by atoms with Crippen molar-refractivity contribution in [2.75, 3.05) is 26.5 Å². The quantitative estimate of drug-likeness (QED) is 0.0642. The van der Waals surface area contributed by atoms with Crippen molar-refractivity contribution in [3.63, 3.8) is 0 Å². The molecule has 65 heavy (non-hydrogen) atoms. The van der Waals surface area contributed by atoms with Crippen molar-refractivity contribution in [3.8, 4) is 17.2 Å². The van der Waals surface area contributed by atoms with Crippen molar-refractivity contribution in [2.45, 2.75) is 149 Å². The zero-order chi connectivity index (χ0) is 49.3.